The van der Waals surface area contributed by atoms with Crippen molar-refractivity contribution in [2.75, 3.05) is 7.11 Å². The average molecular weight is 370 g/mol. The summed E-state index contributed by atoms with van der Waals surface area (Å²) in [5.41, 5.74) is 2.27. The number of hydrogen-bond donors (Lipinski definition) is 3. The summed E-state index contributed by atoms with van der Waals surface area (Å²) in [7, 11) is 1.49. The molecule has 0 amide bonds. The summed E-state index contributed by atoms with van der Waals surface area (Å²) in [5.74, 6) is -0.0322. The van der Waals surface area contributed by atoms with Gasteiger partial charge in [0, 0.05) is 23.3 Å². The predicted molar refractivity (Wildman–Crippen MR) is 99.9 cm³/mol. The minimum absolute atomic E-state index is 0.0344. The lowest BCUT2D eigenvalue weighted by atomic mass is 9.92. The first-order valence-electron chi connectivity index (χ1n) is 8.59. The molecule has 1 heterocycles. The Labute approximate surface area is 157 Å². The molecule has 1 aliphatic rings. The molecule has 0 unspecified atom stereocenters. The van der Waals surface area contributed by atoms with Crippen LogP contribution in [0.2, 0.25) is 0 Å². The minimum Gasteiger partial charge on any atom is -0.508 e. The molecule has 0 spiro atoms. The molecule has 0 aliphatic carbocycles. The Morgan fingerprint density at radius 2 is 1.96 bits per heavy atom. The van der Waals surface area contributed by atoms with E-state index in [9.17, 15) is 20.1 Å². The fraction of sp³-hybridized carbons (Fsp3) is 0.286. The van der Waals surface area contributed by atoms with Gasteiger partial charge in [-0.1, -0.05) is 11.6 Å². The van der Waals surface area contributed by atoms with Crippen molar-refractivity contribution in [2.45, 2.75) is 32.8 Å². The molecule has 27 heavy (non-hydrogen) atoms. The number of carbonyl (C=O) groups excluding carboxylic acids is 1. The monoisotopic (exact) mass is 370 g/mol. The third-order valence-corrected chi connectivity index (χ3v) is 4.53. The zero-order valence-corrected chi connectivity index (χ0v) is 15.4. The SMILES string of the molecule is COc1cc(O)c2c(c1CC=C(C)C)O[C@@H](c1ccc(O)cc1O)CC2=O. The maximum atomic E-state index is 12.7. The number of ketones is 1. The van der Waals surface area contributed by atoms with Gasteiger partial charge in [0.05, 0.1) is 13.5 Å². The molecule has 2 aromatic rings. The summed E-state index contributed by atoms with van der Waals surface area (Å²) < 4.78 is 11.4. The highest BCUT2D eigenvalue weighted by Crippen LogP contribution is 2.47. The normalized spacial score (nSPS) is 15.7. The molecular formula is C21H22O6. The van der Waals surface area contributed by atoms with Gasteiger partial charge in [0.2, 0.25) is 0 Å². The quantitative estimate of drug-likeness (QED) is 0.703. The van der Waals surface area contributed by atoms with Crippen LogP contribution >= 0.6 is 0 Å². The molecule has 6 heteroatoms. The predicted octanol–water partition coefficient (Wildman–Crippen LogP) is 4.03. The van der Waals surface area contributed by atoms with Crippen LogP contribution in [0.5, 0.6) is 28.7 Å². The summed E-state index contributed by atoms with van der Waals surface area (Å²) in [6.45, 7) is 3.92. The molecule has 0 saturated heterocycles. The molecule has 3 N–H and O–H groups in total. The molecule has 1 atom stereocenters. The van der Waals surface area contributed by atoms with Crippen molar-refractivity contribution in [3.63, 3.8) is 0 Å². The number of aromatic hydroxyl groups is 3. The summed E-state index contributed by atoms with van der Waals surface area (Å²) in [5, 5.41) is 29.9. The van der Waals surface area contributed by atoms with Crippen LogP contribution in [0.25, 0.3) is 0 Å². The second kappa shape index (κ2) is 7.23. The van der Waals surface area contributed by atoms with Crippen LogP contribution in [0, 0.1) is 0 Å². The number of fused-ring (bicyclic) bond motifs is 1. The van der Waals surface area contributed by atoms with Crippen LogP contribution < -0.4 is 9.47 Å². The zero-order chi connectivity index (χ0) is 19.7. The highest BCUT2D eigenvalue weighted by Gasteiger charge is 2.34. The number of methoxy groups -OCH3 is 1. The molecule has 0 saturated carbocycles. The molecule has 0 aromatic heterocycles. The Morgan fingerprint density at radius 1 is 1.22 bits per heavy atom. The fourth-order valence-electron chi connectivity index (χ4n) is 3.18. The summed E-state index contributed by atoms with van der Waals surface area (Å²) in [6, 6.07) is 5.56. The molecular weight excluding hydrogens is 348 g/mol. The second-order valence-electron chi connectivity index (χ2n) is 6.74. The van der Waals surface area contributed by atoms with Crippen molar-refractivity contribution in [1.82, 2.24) is 0 Å². The number of allylic oxidation sites excluding steroid dienone is 2. The van der Waals surface area contributed by atoms with Gasteiger partial charge in [-0.3, -0.25) is 4.79 Å². The van der Waals surface area contributed by atoms with Crippen LogP contribution in [-0.2, 0) is 6.42 Å². The standard InChI is InChI=1S/C21H22O6/c1-11(2)4-6-14-18(26-3)9-16(24)20-17(25)10-19(27-21(14)20)13-7-5-12(22)8-15(13)23/h4-5,7-9,19,22-24H,6,10H2,1-3H3/t19-/m1/s1. The number of ether oxygens (including phenoxy) is 2. The maximum absolute atomic E-state index is 12.7. The van der Waals surface area contributed by atoms with Gasteiger partial charge >= 0.3 is 0 Å². The Bertz CT molecular complexity index is 925. The Kier molecular flexibility index (Phi) is 4.99. The summed E-state index contributed by atoms with van der Waals surface area (Å²) in [4.78, 5) is 12.7. The fourth-order valence-corrected chi connectivity index (χ4v) is 3.18. The first kappa shape index (κ1) is 18.6. The van der Waals surface area contributed by atoms with Gasteiger partial charge in [0.15, 0.2) is 5.78 Å². The van der Waals surface area contributed by atoms with Gasteiger partial charge in [0.1, 0.15) is 40.4 Å². The Hall–Kier alpha value is -3.15. The van der Waals surface area contributed by atoms with Gasteiger partial charge in [-0.2, -0.15) is 0 Å². The van der Waals surface area contributed by atoms with Crippen LogP contribution in [0.4, 0.5) is 0 Å². The van der Waals surface area contributed by atoms with Crippen molar-refractivity contribution in [3.05, 3.63) is 52.6 Å². The van der Waals surface area contributed by atoms with Crippen molar-refractivity contribution in [3.8, 4) is 28.7 Å². The van der Waals surface area contributed by atoms with E-state index in [-0.39, 0.29) is 40.8 Å². The minimum atomic E-state index is -0.734. The summed E-state index contributed by atoms with van der Waals surface area (Å²) >= 11 is 0. The highest BCUT2D eigenvalue weighted by atomic mass is 16.5. The van der Waals surface area contributed by atoms with E-state index >= 15 is 0 Å². The van der Waals surface area contributed by atoms with E-state index in [1.807, 2.05) is 19.9 Å². The first-order chi connectivity index (χ1) is 12.8. The lowest BCUT2D eigenvalue weighted by molar-refractivity contribution is 0.0839. The van der Waals surface area contributed by atoms with E-state index < -0.39 is 6.10 Å². The molecule has 142 valence electrons. The van der Waals surface area contributed by atoms with E-state index in [1.165, 1.54) is 31.4 Å². The lowest BCUT2D eigenvalue weighted by Crippen LogP contribution is -2.22. The molecule has 6 nitrogen and oxygen atoms in total. The van der Waals surface area contributed by atoms with Gasteiger partial charge in [-0.15, -0.1) is 0 Å². The van der Waals surface area contributed by atoms with Gasteiger partial charge in [-0.05, 0) is 32.4 Å². The van der Waals surface area contributed by atoms with Crippen molar-refractivity contribution in [1.29, 1.82) is 0 Å². The number of benzene rings is 2. The number of hydrogen-bond acceptors (Lipinski definition) is 6. The van der Waals surface area contributed by atoms with Crippen LogP contribution in [0.1, 0.15) is 47.9 Å². The number of Topliss-reactive ketones (excluding diaryl/α,β-unsaturated/α-hetero) is 1. The molecule has 0 bridgehead atoms. The summed E-state index contributed by atoms with van der Waals surface area (Å²) in [6.07, 6.45) is 1.68. The third-order valence-electron chi connectivity index (χ3n) is 4.53. The molecule has 2 aromatic carbocycles. The number of carbonyl (C=O) groups is 1. The largest absolute Gasteiger partial charge is 0.508 e. The Morgan fingerprint density at radius 3 is 2.59 bits per heavy atom. The van der Waals surface area contributed by atoms with Crippen LogP contribution in [-0.4, -0.2) is 28.2 Å². The maximum Gasteiger partial charge on any atom is 0.174 e. The lowest BCUT2D eigenvalue weighted by Gasteiger charge is -2.29. The topological polar surface area (TPSA) is 96.2 Å². The zero-order valence-electron chi connectivity index (χ0n) is 15.4. The Balaban J connectivity index is 2.12. The van der Waals surface area contributed by atoms with E-state index in [2.05, 4.69) is 0 Å². The third kappa shape index (κ3) is 3.56. The molecule has 1 aliphatic heterocycles. The molecule has 0 radical (unpaired) electrons. The van der Waals surface area contributed by atoms with Gasteiger partial charge in [-0.25, -0.2) is 0 Å². The van der Waals surface area contributed by atoms with Crippen molar-refractivity contribution >= 4 is 5.78 Å². The number of rotatable bonds is 4. The first-order valence-corrected chi connectivity index (χ1v) is 8.59. The van der Waals surface area contributed by atoms with Gasteiger partial charge in [0.25, 0.3) is 0 Å². The van der Waals surface area contributed by atoms with Gasteiger partial charge < -0.3 is 24.8 Å². The van der Waals surface area contributed by atoms with E-state index in [0.29, 0.717) is 23.3 Å². The van der Waals surface area contributed by atoms with Crippen molar-refractivity contribution < 1.29 is 29.6 Å². The number of phenolic OH excluding ortho intramolecular Hbond substituents is 3. The smallest absolute Gasteiger partial charge is 0.174 e. The number of phenols is 3. The van der Waals surface area contributed by atoms with Crippen LogP contribution in [0.15, 0.2) is 35.9 Å². The van der Waals surface area contributed by atoms with E-state index in [4.69, 9.17) is 9.47 Å². The molecule has 3 rings (SSSR count). The highest BCUT2D eigenvalue weighted by molar-refractivity contribution is 6.03. The van der Waals surface area contributed by atoms with Crippen molar-refractivity contribution in [2.24, 2.45) is 0 Å². The average Bonchev–Trinajstić information content (AvgIpc) is 2.59. The van der Waals surface area contributed by atoms with E-state index in [1.54, 1.807) is 0 Å². The second-order valence-corrected chi connectivity index (χ2v) is 6.74. The molecule has 0 fully saturated rings. The van der Waals surface area contributed by atoms with Crippen LogP contribution in [0.3, 0.4) is 0 Å². The van der Waals surface area contributed by atoms with E-state index in [0.717, 1.165) is 5.57 Å².